The molecule has 2 aliphatic rings. The Hall–Kier alpha value is -4.07. The van der Waals surface area contributed by atoms with E-state index in [0.29, 0.717) is 17.1 Å². The molecule has 0 unspecified atom stereocenters. The van der Waals surface area contributed by atoms with Crippen molar-refractivity contribution in [1.29, 1.82) is 0 Å². The second-order valence-corrected chi connectivity index (χ2v) is 9.53. The molecule has 1 aliphatic carbocycles. The Bertz CT molecular complexity index is 1210. The Morgan fingerprint density at radius 1 is 1.00 bits per heavy atom. The number of phenolic OH excluding ortho intramolecular Hbond substituents is 1. The molecule has 8 nitrogen and oxygen atoms in total. The lowest BCUT2D eigenvalue weighted by molar-refractivity contribution is -0.149. The number of aromatic hydroxyl groups is 1. The van der Waals surface area contributed by atoms with E-state index in [2.05, 4.69) is 10.3 Å². The summed E-state index contributed by atoms with van der Waals surface area (Å²) in [5, 5.41) is 13.1. The van der Waals surface area contributed by atoms with E-state index in [-0.39, 0.29) is 36.8 Å². The largest absolute Gasteiger partial charge is 0.508 e. The third-order valence-corrected chi connectivity index (χ3v) is 6.86. The van der Waals surface area contributed by atoms with Gasteiger partial charge in [-0.3, -0.25) is 14.6 Å². The molecule has 2 atom stereocenters. The summed E-state index contributed by atoms with van der Waals surface area (Å²) in [7, 11) is 0. The number of ether oxygens (including phenoxy) is 2. The van der Waals surface area contributed by atoms with Gasteiger partial charge in [0.1, 0.15) is 18.4 Å². The first-order valence-corrected chi connectivity index (χ1v) is 12.8. The number of pyridine rings is 1. The van der Waals surface area contributed by atoms with Crippen molar-refractivity contribution in [3.8, 4) is 17.2 Å². The van der Waals surface area contributed by atoms with Gasteiger partial charge in [0.15, 0.2) is 11.5 Å². The molecule has 0 radical (unpaired) electrons. The SMILES string of the molecule is O=C(NC1CCCCC1)[C@H](c1ccc(O)cc1)N(Cc1cccnc1)C(=O)[C@@H]1COc2ccccc2O1. The standard InChI is InChI=1S/C29H31N3O5/c33-23-14-12-21(13-15-23)27(28(34)31-22-8-2-1-3-9-22)32(18-20-7-6-16-30-17-20)29(35)26-19-36-24-10-4-5-11-25(24)37-26/h4-7,10-17,22,26-27,33H,1-3,8-9,18-19H2,(H,31,34)/t26-,27-/m0/s1. The van der Waals surface area contributed by atoms with Crippen LogP contribution >= 0.6 is 0 Å². The quantitative estimate of drug-likeness (QED) is 0.505. The van der Waals surface area contributed by atoms with Gasteiger partial charge in [0, 0.05) is 25.0 Å². The number of amides is 2. The summed E-state index contributed by atoms with van der Waals surface area (Å²) in [6.45, 7) is 0.184. The van der Waals surface area contributed by atoms with Crippen molar-refractivity contribution in [1.82, 2.24) is 15.2 Å². The second kappa shape index (κ2) is 11.3. The molecule has 37 heavy (non-hydrogen) atoms. The van der Waals surface area contributed by atoms with Crippen molar-refractivity contribution in [2.24, 2.45) is 0 Å². The summed E-state index contributed by atoms with van der Waals surface area (Å²) in [6, 6.07) is 16.4. The van der Waals surface area contributed by atoms with Crippen LogP contribution in [-0.2, 0) is 16.1 Å². The maximum atomic E-state index is 14.1. The van der Waals surface area contributed by atoms with E-state index in [4.69, 9.17) is 9.47 Å². The van der Waals surface area contributed by atoms with Crippen molar-refractivity contribution in [3.63, 3.8) is 0 Å². The molecule has 2 N–H and O–H groups in total. The molecule has 0 saturated heterocycles. The lowest BCUT2D eigenvalue weighted by Crippen LogP contribution is -2.52. The number of fused-ring (bicyclic) bond motifs is 1. The number of carbonyl (C=O) groups excluding carboxylic acids is 2. The molecule has 1 saturated carbocycles. The summed E-state index contributed by atoms with van der Waals surface area (Å²) in [5.74, 6) is 0.528. The van der Waals surface area contributed by atoms with Crippen molar-refractivity contribution in [2.45, 2.75) is 56.8 Å². The Morgan fingerprint density at radius 2 is 1.76 bits per heavy atom. The number of carbonyl (C=O) groups is 2. The lowest BCUT2D eigenvalue weighted by atomic mass is 9.94. The summed E-state index contributed by atoms with van der Waals surface area (Å²) in [4.78, 5) is 33.6. The van der Waals surface area contributed by atoms with Gasteiger partial charge >= 0.3 is 0 Å². The molecule has 192 valence electrons. The monoisotopic (exact) mass is 501 g/mol. The first kappa shape index (κ1) is 24.6. The Kier molecular flexibility index (Phi) is 7.54. The zero-order valence-electron chi connectivity index (χ0n) is 20.6. The third-order valence-electron chi connectivity index (χ3n) is 6.86. The van der Waals surface area contributed by atoms with Crippen molar-refractivity contribution >= 4 is 11.8 Å². The lowest BCUT2D eigenvalue weighted by Gasteiger charge is -2.36. The van der Waals surface area contributed by atoms with E-state index in [1.54, 1.807) is 42.7 Å². The zero-order valence-corrected chi connectivity index (χ0v) is 20.6. The van der Waals surface area contributed by atoms with Gasteiger partial charge in [-0.2, -0.15) is 0 Å². The van der Waals surface area contributed by atoms with Crippen LogP contribution in [0.3, 0.4) is 0 Å². The molecule has 0 spiro atoms. The van der Waals surface area contributed by atoms with Gasteiger partial charge in [0.2, 0.25) is 12.0 Å². The molecule has 1 aromatic heterocycles. The van der Waals surface area contributed by atoms with Crippen LogP contribution in [0.15, 0.2) is 73.1 Å². The average Bonchev–Trinajstić information content (AvgIpc) is 2.94. The summed E-state index contributed by atoms with van der Waals surface area (Å²) < 4.78 is 11.9. The topological polar surface area (TPSA) is 101 Å². The fraction of sp³-hybridized carbons (Fsp3) is 0.345. The van der Waals surface area contributed by atoms with Crippen LogP contribution in [0.2, 0.25) is 0 Å². The predicted octanol–water partition coefficient (Wildman–Crippen LogP) is 4.15. The van der Waals surface area contributed by atoms with Crippen molar-refractivity contribution < 1.29 is 24.2 Å². The fourth-order valence-corrected chi connectivity index (χ4v) is 4.97. The summed E-state index contributed by atoms with van der Waals surface area (Å²) in [5.41, 5.74) is 1.38. The minimum absolute atomic E-state index is 0.0337. The van der Waals surface area contributed by atoms with Gasteiger partial charge < -0.3 is 24.8 Å². The molecule has 3 aromatic rings. The molecular weight excluding hydrogens is 470 g/mol. The molecule has 1 aliphatic heterocycles. The molecule has 2 heterocycles. The van der Waals surface area contributed by atoms with E-state index in [1.807, 2.05) is 18.2 Å². The minimum atomic E-state index is -0.934. The molecule has 0 bridgehead atoms. The van der Waals surface area contributed by atoms with Gasteiger partial charge in [-0.25, -0.2) is 0 Å². The highest BCUT2D eigenvalue weighted by molar-refractivity contribution is 5.91. The number of hydrogen-bond donors (Lipinski definition) is 2. The Labute approximate surface area is 216 Å². The molecule has 1 fully saturated rings. The van der Waals surface area contributed by atoms with Crippen LogP contribution in [0.4, 0.5) is 0 Å². The molecule has 2 amide bonds. The van der Waals surface area contributed by atoms with E-state index >= 15 is 0 Å². The Morgan fingerprint density at radius 3 is 2.49 bits per heavy atom. The first-order valence-electron chi connectivity index (χ1n) is 12.8. The second-order valence-electron chi connectivity index (χ2n) is 9.53. The smallest absolute Gasteiger partial charge is 0.268 e. The minimum Gasteiger partial charge on any atom is -0.508 e. The number of nitrogens with zero attached hydrogens (tertiary/aromatic N) is 2. The number of nitrogens with one attached hydrogen (secondary N) is 1. The van der Waals surface area contributed by atoms with E-state index in [9.17, 15) is 14.7 Å². The van der Waals surface area contributed by atoms with Gasteiger partial charge in [0.25, 0.3) is 5.91 Å². The number of aromatic nitrogens is 1. The van der Waals surface area contributed by atoms with Gasteiger partial charge in [-0.1, -0.05) is 49.6 Å². The Balaban J connectivity index is 1.49. The van der Waals surface area contributed by atoms with Crippen molar-refractivity contribution in [3.05, 3.63) is 84.2 Å². The number of rotatable bonds is 7. The first-order chi connectivity index (χ1) is 18.1. The van der Waals surface area contributed by atoms with Crippen molar-refractivity contribution in [2.75, 3.05) is 6.61 Å². The van der Waals surface area contributed by atoms with Crippen LogP contribution < -0.4 is 14.8 Å². The maximum Gasteiger partial charge on any atom is 0.268 e. The van der Waals surface area contributed by atoms with Crippen LogP contribution in [0.5, 0.6) is 17.2 Å². The summed E-state index contributed by atoms with van der Waals surface area (Å²) in [6.07, 6.45) is 7.56. The third kappa shape index (κ3) is 5.85. The number of benzene rings is 2. The van der Waals surface area contributed by atoms with Gasteiger partial charge in [-0.15, -0.1) is 0 Å². The number of hydrogen-bond acceptors (Lipinski definition) is 6. The van der Waals surface area contributed by atoms with Crippen LogP contribution in [0.1, 0.15) is 49.3 Å². The van der Waals surface area contributed by atoms with Crippen LogP contribution in [-0.4, -0.2) is 45.6 Å². The number of para-hydroxylation sites is 2. The van der Waals surface area contributed by atoms with E-state index < -0.39 is 12.1 Å². The highest BCUT2D eigenvalue weighted by atomic mass is 16.6. The molecule has 8 heteroatoms. The highest BCUT2D eigenvalue weighted by Crippen LogP contribution is 2.33. The summed E-state index contributed by atoms with van der Waals surface area (Å²) >= 11 is 0. The van der Waals surface area contributed by atoms with Gasteiger partial charge in [0.05, 0.1) is 0 Å². The zero-order chi connectivity index (χ0) is 25.6. The van der Waals surface area contributed by atoms with E-state index in [1.165, 1.54) is 23.5 Å². The predicted molar refractivity (Wildman–Crippen MR) is 137 cm³/mol. The highest BCUT2D eigenvalue weighted by Gasteiger charge is 2.38. The van der Waals surface area contributed by atoms with Crippen LogP contribution in [0, 0.1) is 0 Å². The van der Waals surface area contributed by atoms with Gasteiger partial charge in [-0.05, 0) is 54.3 Å². The van der Waals surface area contributed by atoms with E-state index in [0.717, 1.165) is 31.2 Å². The normalized spacial score (nSPS) is 18.0. The molecule has 5 rings (SSSR count). The number of phenols is 1. The van der Waals surface area contributed by atoms with Crippen LogP contribution in [0.25, 0.3) is 0 Å². The fourth-order valence-electron chi connectivity index (χ4n) is 4.97. The average molecular weight is 502 g/mol. The maximum absolute atomic E-state index is 14.1. The molecule has 2 aromatic carbocycles. The molecular formula is C29H31N3O5.